The van der Waals surface area contributed by atoms with Gasteiger partial charge in [-0.05, 0) is 12.5 Å². The van der Waals surface area contributed by atoms with Crippen LogP contribution in [-0.2, 0) is 4.79 Å². The molecule has 3 nitrogen and oxygen atoms in total. The van der Waals surface area contributed by atoms with Crippen molar-refractivity contribution in [2.75, 3.05) is 11.9 Å². The number of nitrogens with one attached hydrogen (secondary N) is 2. The smallest absolute Gasteiger partial charge is 0.229 e. The van der Waals surface area contributed by atoms with Gasteiger partial charge in [0, 0.05) is 23.2 Å². The first-order valence-electron chi connectivity index (χ1n) is 6.33. The molecule has 1 aromatic carbocycles. The highest BCUT2D eigenvalue weighted by molar-refractivity contribution is 5.97. The van der Waals surface area contributed by atoms with Crippen LogP contribution in [0.1, 0.15) is 32.8 Å². The van der Waals surface area contributed by atoms with Crippen LogP contribution < -0.4 is 10.6 Å². The summed E-state index contributed by atoms with van der Waals surface area (Å²) in [6.07, 6.45) is 3.21. The lowest BCUT2D eigenvalue weighted by Crippen LogP contribution is -2.28. The first kappa shape index (κ1) is 12.7. The van der Waals surface area contributed by atoms with Gasteiger partial charge < -0.3 is 10.6 Å². The predicted octanol–water partition coefficient (Wildman–Crippen LogP) is 3.01. The van der Waals surface area contributed by atoms with Crippen LogP contribution in [0, 0.1) is 5.41 Å². The molecule has 0 aromatic heterocycles. The molecule has 1 aromatic rings. The average molecular weight is 244 g/mol. The lowest BCUT2D eigenvalue weighted by Gasteiger charge is -2.19. The van der Waals surface area contributed by atoms with E-state index in [0.717, 1.165) is 29.9 Å². The van der Waals surface area contributed by atoms with Gasteiger partial charge in [0.25, 0.3) is 0 Å². The highest BCUT2D eigenvalue weighted by atomic mass is 16.2. The van der Waals surface area contributed by atoms with Gasteiger partial charge in [-0.15, -0.1) is 0 Å². The molecule has 2 N–H and O–H groups in total. The second kappa shape index (κ2) is 4.84. The molecule has 0 radical (unpaired) electrons. The van der Waals surface area contributed by atoms with E-state index in [-0.39, 0.29) is 11.3 Å². The average Bonchev–Trinajstić information content (AvgIpc) is 2.82. The fourth-order valence-corrected chi connectivity index (χ4v) is 1.84. The van der Waals surface area contributed by atoms with Crippen molar-refractivity contribution in [3.05, 3.63) is 35.9 Å². The molecule has 0 saturated carbocycles. The Hall–Kier alpha value is -1.77. The molecule has 0 atom stereocenters. The van der Waals surface area contributed by atoms with E-state index in [9.17, 15) is 4.79 Å². The third-order valence-electron chi connectivity index (χ3n) is 2.95. The molecule has 1 aliphatic rings. The van der Waals surface area contributed by atoms with E-state index in [2.05, 4.69) is 16.7 Å². The lowest BCUT2D eigenvalue weighted by molar-refractivity contribution is -0.123. The summed E-state index contributed by atoms with van der Waals surface area (Å²) >= 11 is 0. The van der Waals surface area contributed by atoms with E-state index < -0.39 is 0 Å². The molecule has 96 valence electrons. The Morgan fingerprint density at radius 3 is 2.61 bits per heavy atom. The van der Waals surface area contributed by atoms with Crippen LogP contribution in [0.25, 0.3) is 5.70 Å². The minimum Gasteiger partial charge on any atom is -0.384 e. The van der Waals surface area contributed by atoms with Crippen molar-refractivity contribution in [3.63, 3.8) is 0 Å². The number of benzene rings is 1. The standard InChI is InChI=1S/C15H20N2O/c1-15(2,3)14(18)17-13-8-5-4-7-11(13)12-9-6-10-16-12/h4-5,7-9,16H,6,10H2,1-3H3,(H,17,18). The molecule has 1 aliphatic heterocycles. The Kier molecular flexibility index (Phi) is 3.41. The number of carbonyl (C=O) groups is 1. The van der Waals surface area contributed by atoms with Crippen LogP contribution in [0.5, 0.6) is 0 Å². The van der Waals surface area contributed by atoms with Gasteiger partial charge in [-0.1, -0.05) is 45.0 Å². The maximum Gasteiger partial charge on any atom is 0.229 e. The van der Waals surface area contributed by atoms with Crippen LogP contribution in [0.4, 0.5) is 5.69 Å². The molecule has 0 saturated heterocycles. The first-order chi connectivity index (χ1) is 8.48. The topological polar surface area (TPSA) is 41.1 Å². The molecule has 0 bridgehead atoms. The van der Waals surface area contributed by atoms with Gasteiger partial charge in [0.05, 0.1) is 5.69 Å². The van der Waals surface area contributed by atoms with Gasteiger partial charge in [0.2, 0.25) is 5.91 Å². The predicted molar refractivity (Wildman–Crippen MR) is 75.1 cm³/mol. The van der Waals surface area contributed by atoms with Crippen LogP contribution in [0.15, 0.2) is 30.3 Å². The summed E-state index contributed by atoms with van der Waals surface area (Å²) in [6.45, 7) is 6.71. The Morgan fingerprint density at radius 1 is 1.28 bits per heavy atom. The molecule has 1 amide bonds. The molecule has 3 heteroatoms. The zero-order chi connectivity index (χ0) is 13.2. The molecule has 0 fully saturated rings. The highest BCUT2D eigenvalue weighted by Crippen LogP contribution is 2.26. The number of hydrogen-bond acceptors (Lipinski definition) is 2. The Labute approximate surface area is 108 Å². The largest absolute Gasteiger partial charge is 0.384 e. The molecule has 0 unspecified atom stereocenters. The lowest BCUT2D eigenvalue weighted by atomic mass is 9.95. The fraction of sp³-hybridized carbons (Fsp3) is 0.400. The number of amides is 1. The summed E-state index contributed by atoms with van der Waals surface area (Å²) in [4.78, 5) is 12.1. The van der Waals surface area contributed by atoms with E-state index in [4.69, 9.17) is 0 Å². The number of carbonyl (C=O) groups excluding carboxylic acids is 1. The summed E-state index contributed by atoms with van der Waals surface area (Å²) in [7, 11) is 0. The minimum atomic E-state index is -0.384. The van der Waals surface area contributed by atoms with Gasteiger partial charge in [-0.25, -0.2) is 0 Å². The van der Waals surface area contributed by atoms with E-state index in [1.54, 1.807) is 0 Å². The Morgan fingerprint density at radius 2 is 2.00 bits per heavy atom. The second-order valence-electron chi connectivity index (χ2n) is 5.58. The van der Waals surface area contributed by atoms with Crippen molar-refractivity contribution in [3.8, 4) is 0 Å². The number of hydrogen-bond donors (Lipinski definition) is 2. The van der Waals surface area contributed by atoms with E-state index in [1.165, 1.54) is 0 Å². The maximum absolute atomic E-state index is 12.1. The second-order valence-corrected chi connectivity index (χ2v) is 5.58. The fourth-order valence-electron chi connectivity index (χ4n) is 1.84. The summed E-state index contributed by atoms with van der Waals surface area (Å²) in [5.41, 5.74) is 2.66. The van der Waals surface area contributed by atoms with Gasteiger partial charge in [-0.3, -0.25) is 4.79 Å². The summed E-state index contributed by atoms with van der Waals surface area (Å²) in [6, 6.07) is 7.91. The molecule has 1 heterocycles. The van der Waals surface area contributed by atoms with Crippen molar-refractivity contribution >= 4 is 17.3 Å². The highest BCUT2D eigenvalue weighted by Gasteiger charge is 2.22. The molecule has 18 heavy (non-hydrogen) atoms. The van der Waals surface area contributed by atoms with Crippen LogP contribution in [-0.4, -0.2) is 12.5 Å². The quantitative estimate of drug-likeness (QED) is 0.839. The molecule has 2 rings (SSSR count). The van der Waals surface area contributed by atoms with Crippen molar-refractivity contribution in [2.45, 2.75) is 27.2 Å². The van der Waals surface area contributed by atoms with Gasteiger partial charge >= 0.3 is 0 Å². The van der Waals surface area contributed by atoms with Gasteiger partial charge in [0.15, 0.2) is 0 Å². The number of para-hydroxylation sites is 1. The first-order valence-corrected chi connectivity index (χ1v) is 6.33. The number of rotatable bonds is 2. The van der Waals surface area contributed by atoms with Crippen LogP contribution >= 0.6 is 0 Å². The van der Waals surface area contributed by atoms with Crippen molar-refractivity contribution in [1.29, 1.82) is 0 Å². The third-order valence-corrected chi connectivity index (χ3v) is 2.95. The Balaban J connectivity index is 2.26. The normalized spacial score (nSPS) is 14.9. The van der Waals surface area contributed by atoms with E-state index in [0.29, 0.717) is 0 Å². The zero-order valence-electron chi connectivity index (χ0n) is 11.2. The molecule has 0 spiro atoms. The van der Waals surface area contributed by atoms with Crippen molar-refractivity contribution in [2.24, 2.45) is 5.41 Å². The monoisotopic (exact) mass is 244 g/mol. The van der Waals surface area contributed by atoms with E-state index in [1.807, 2.05) is 45.0 Å². The van der Waals surface area contributed by atoms with Crippen molar-refractivity contribution < 1.29 is 4.79 Å². The summed E-state index contributed by atoms with van der Waals surface area (Å²) in [5, 5.41) is 6.34. The van der Waals surface area contributed by atoms with Crippen LogP contribution in [0.2, 0.25) is 0 Å². The summed E-state index contributed by atoms with van der Waals surface area (Å²) < 4.78 is 0. The van der Waals surface area contributed by atoms with Crippen molar-refractivity contribution in [1.82, 2.24) is 5.32 Å². The number of anilines is 1. The van der Waals surface area contributed by atoms with Gasteiger partial charge in [0.1, 0.15) is 0 Å². The molecule has 0 aliphatic carbocycles. The summed E-state index contributed by atoms with van der Waals surface area (Å²) in [5.74, 6) is 0.0357. The SMILES string of the molecule is CC(C)(C)C(=O)Nc1ccccc1C1=CCCN1. The minimum absolute atomic E-state index is 0.0357. The Bertz CT molecular complexity index is 484. The maximum atomic E-state index is 12.1. The van der Waals surface area contributed by atoms with Gasteiger partial charge in [-0.2, -0.15) is 0 Å². The van der Waals surface area contributed by atoms with E-state index >= 15 is 0 Å². The molecular formula is C15H20N2O. The third kappa shape index (κ3) is 2.73. The zero-order valence-corrected chi connectivity index (χ0v) is 11.2. The van der Waals surface area contributed by atoms with Crippen LogP contribution in [0.3, 0.4) is 0 Å². The molecular weight excluding hydrogens is 224 g/mol.